The van der Waals surface area contributed by atoms with E-state index < -0.39 is 6.04 Å². The van der Waals surface area contributed by atoms with Crippen LogP contribution in [0.4, 0.5) is 0 Å². The molecule has 2 aliphatic rings. The number of nitrogens with zero attached hydrogens (tertiary/aromatic N) is 4. The average Bonchev–Trinajstić information content (AvgIpc) is 3.71. The zero-order chi connectivity index (χ0) is 26.8. The lowest BCUT2D eigenvalue weighted by Crippen LogP contribution is -2.47. The van der Waals surface area contributed by atoms with Crippen LogP contribution in [0.3, 0.4) is 0 Å². The van der Waals surface area contributed by atoms with Crippen LogP contribution in [-0.4, -0.2) is 44.5 Å². The number of hydrogen-bond acceptors (Lipinski definition) is 6. The molecule has 0 spiro atoms. The summed E-state index contributed by atoms with van der Waals surface area (Å²) in [6.45, 7) is 2.29. The number of aryl methyl sites for hydroxylation is 1. The summed E-state index contributed by atoms with van der Waals surface area (Å²) < 4.78 is 12.7. The first-order valence-electron chi connectivity index (χ1n) is 13.4. The second kappa shape index (κ2) is 10.8. The smallest absolute Gasteiger partial charge is 0.247 e. The largest absolute Gasteiger partial charge is 0.454 e. The van der Waals surface area contributed by atoms with E-state index in [1.54, 1.807) is 9.58 Å². The van der Waals surface area contributed by atoms with Crippen molar-refractivity contribution in [3.8, 4) is 11.5 Å². The lowest BCUT2D eigenvalue weighted by atomic mass is 9.97. The summed E-state index contributed by atoms with van der Waals surface area (Å²) in [7, 11) is 0. The predicted octanol–water partition coefficient (Wildman–Crippen LogP) is 4.30. The first-order chi connectivity index (χ1) is 19.1. The highest BCUT2D eigenvalue weighted by Gasteiger charge is 2.34. The predicted molar refractivity (Wildman–Crippen MR) is 145 cm³/mol. The molecule has 2 amide bonds. The van der Waals surface area contributed by atoms with Gasteiger partial charge in [0.2, 0.25) is 18.6 Å². The number of benzene rings is 3. The number of rotatable bonds is 8. The van der Waals surface area contributed by atoms with Crippen molar-refractivity contribution < 1.29 is 19.1 Å². The van der Waals surface area contributed by atoms with Crippen LogP contribution in [-0.2, 0) is 22.7 Å². The van der Waals surface area contributed by atoms with Crippen LogP contribution >= 0.6 is 0 Å². The van der Waals surface area contributed by atoms with Gasteiger partial charge in [0.05, 0.1) is 5.52 Å². The third kappa shape index (κ3) is 5.16. The second-order valence-corrected chi connectivity index (χ2v) is 10.2. The van der Waals surface area contributed by atoms with Crippen molar-refractivity contribution in [2.45, 2.75) is 57.8 Å². The van der Waals surface area contributed by atoms with Crippen molar-refractivity contribution in [3.63, 3.8) is 0 Å². The minimum atomic E-state index is -0.820. The molecule has 3 aromatic carbocycles. The Balaban J connectivity index is 1.39. The number of nitrogens with one attached hydrogen (secondary N) is 1. The third-order valence-corrected chi connectivity index (χ3v) is 7.56. The van der Waals surface area contributed by atoms with Gasteiger partial charge in [0.25, 0.3) is 0 Å². The number of para-hydroxylation sites is 1. The summed E-state index contributed by atoms with van der Waals surface area (Å²) in [6, 6.07) is 20.2. The fraction of sp³-hybridized carbons (Fsp3) is 0.333. The van der Waals surface area contributed by atoms with E-state index in [2.05, 4.69) is 15.6 Å². The Labute approximate surface area is 226 Å². The van der Waals surface area contributed by atoms with E-state index in [4.69, 9.17) is 9.47 Å². The van der Waals surface area contributed by atoms with Crippen molar-refractivity contribution in [3.05, 3.63) is 83.4 Å². The number of amides is 2. The Hall–Kier alpha value is -4.40. The van der Waals surface area contributed by atoms with E-state index >= 15 is 0 Å². The molecule has 1 aromatic heterocycles. The fourth-order valence-corrected chi connectivity index (χ4v) is 5.51. The first kappa shape index (κ1) is 24.9. The lowest BCUT2D eigenvalue weighted by molar-refractivity contribution is -0.142. The molecule has 0 bridgehead atoms. The second-order valence-electron chi connectivity index (χ2n) is 10.2. The molecular weight excluding hydrogens is 494 g/mol. The van der Waals surface area contributed by atoms with E-state index in [1.807, 2.05) is 73.7 Å². The molecule has 1 aliphatic heterocycles. The molecule has 9 heteroatoms. The number of carbonyl (C=O) groups excluding carboxylic acids is 2. The summed E-state index contributed by atoms with van der Waals surface area (Å²) in [4.78, 5) is 29.8. The van der Waals surface area contributed by atoms with Gasteiger partial charge in [-0.2, -0.15) is 0 Å². The number of hydrogen-bond donors (Lipinski definition) is 1. The van der Waals surface area contributed by atoms with Crippen molar-refractivity contribution in [1.29, 1.82) is 0 Å². The van der Waals surface area contributed by atoms with Crippen LogP contribution < -0.4 is 14.8 Å². The third-order valence-electron chi connectivity index (χ3n) is 7.56. The van der Waals surface area contributed by atoms with Gasteiger partial charge in [-0.1, -0.05) is 60.5 Å². The molecule has 9 nitrogen and oxygen atoms in total. The van der Waals surface area contributed by atoms with Gasteiger partial charge in [0, 0.05) is 12.6 Å². The van der Waals surface area contributed by atoms with Gasteiger partial charge < -0.3 is 19.7 Å². The number of aromatic nitrogens is 3. The Morgan fingerprint density at radius 3 is 2.64 bits per heavy atom. The quantitative estimate of drug-likeness (QED) is 0.368. The van der Waals surface area contributed by atoms with Crippen LogP contribution in [0.2, 0.25) is 0 Å². The minimum Gasteiger partial charge on any atom is -0.454 e. The summed E-state index contributed by atoms with van der Waals surface area (Å²) in [6.07, 6.45) is 4.10. The molecule has 6 rings (SSSR count). The number of ether oxygens (including phenoxy) is 2. The standard InChI is InChI=1S/C30H31N5O4/c1-20-8-2-5-11-23(20)29(30(37)31-22-9-3-4-10-22)34(17-21-14-15-26-27(16-21)39-19-38-26)28(36)18-35-25-13-7-6-12-24(25)32-33-35/h2,5-8,11-16,22,29H,3-4,9-10,17-19H2,1H3,(H,31,37)/t29-/m1/s1. The van der Waals surface area contributed by atoms with Crippen LogP contribution in [0.25, 0.3) is 11.0 Å². The van der Waals surface area contributed by atoms with Gasteiger partial charge in [-0.3, -0.25) is 9.59 Å². The van der Waals surface area contributed by atoms with Crippen molar-refractivity contribution in [2.24, 2.45) is 0 Å². The van der Waals surface area contributed by atoms with Crippen LogP contribution in [0, 0.1) is 6.92 Å². The molecule has 1 atom stereocenters. The Bertz CT molecular complexity index is 1510. The van der Waals surface area contributed by atoms with Crippen molar-refractivity contribution in [1.82, 2.24) is 25.2 Å². The highest BCUT2D eigenvalue weighted by Crippen LogP contribution is 2.34. The molecule has 1 fully saturated rings. The summed E-state index contributed by atoms with van der Waals surface area (Å²) >= 11 is 0. The molecule has 1 N–H and O–H groups in total. The van der Waals surface area contributed by atoms with Gasteiger partial charge in [0.1, 0.15) is 18.1 Å². The fourth-order valence-electron chi connectivity index (χ4n) is 5.51. The van der Waals surface area contributed by atoms with Gasteiger partial charge in [0.15, 0.2) is 11.5 Å². The Morgan fingerprint density at radius 2 is 1.79 bits per heavy atom. The monoisotopic (exact) mass is 525 g/mol. The molecule has 39 heavy (non-hydrogen) atoms. The number of carbonyl (C=O) groups is 2. The maximum atomic E-state index is 14.2. The summed E-state index contributed by atoms with van der Waals surface area (Å²) in [5, 5.41) is 11.7. The van der Waals surface area contributed by atoms with Gasteiger partial charge in [-0.25, -0.2) is 4.68 Å². The highest BCUT2D eigenvalue weighted by molar-refractivity contribution is 5.89. The first-order valence-corrected chi connectivity index (χ1v) is 13.4. The van der Waals surface area contributed by atoms with E-state index in [9.17, 15) is 9.59 Å². The van der Waals surface area contributed by atoms with Crippen LogP contribution in [0.5, 0.6) is 11.5 Å². The van der Waals surface area contributed by atoms with E-state index in [-0.39, 0.29) is 37.7 Å². The average molecular weight is 526 g/mol. The van der Waals surface area contributed by atoms with Crippen molar-refractivity contribution >= 4 is 22.8 Å². The van der Waals surface area contributed by atoms with E-state index in [0.717, 1.165) is 47.9 Å². The topological polar surface area (TPSA) is 98.6 Å². The molecule has 1 saturated carbocycles. The van der Waals surface area contributed by atoms with Gasteiger partial charge >= 0.3 is 0 Å². The van der Waals surface area contributed by atoms with Crippen LogP contribution in [0.1, 0.15) is 48.4 Å². The van der Waals surface area contributed by atoms with E-state index in [1.165, 1.54) is 0 Å². The summed E-state index contributed by atoms with van der Waals surface area (Å²) in [5.41, 5.74) is 4.05. The lowest BCUT2D eigenvalue weighted by Gasteiger charge is -2.33. The molecule has 0 saturated heterocycles. The molecular formula is C30H31N5O4. The molecule has 1 aliphatic carbocycles. The van der Waals surface area contributed by atoms with Gasteiger partial charge in [-0.05, 0) is 60.7 Å². The van der Waals surface area contributed by atoms with Crippen molar-refractivity contribution in [2.75, 3.05) is 6.79 Å². The molecule has 200 valence electrons. The maximum absolute atomic E-state index is 14.2. The van der Waals surface area contributed by atoms with Crippen LogP contribution in [0.15, 0.2) is 66.7 Å². The SMILES string of the molecule is Cc1ccccc1[C@H](C(=O)NC1CCCC1)N(Cc1ccc2c(c1)OCO2)C(=O)Cn1nnc2ccccc21. The maximum Gasteiger partial charge on any atom is 0.247 e. The minimum absolute atomic E-state index is 0.0514. The molecule has 4 aromatic rings. The zero-order valence-corrected chi connectivity index (χ0v) is 21.9. The molecule has 2 heterocycles. The van der Waals surface area contributed by atoms with E-state index in [0.29, 0.717) is 17.0 Å². The zero-order valence-electron chi connectivity index (χ0n) is 21.9. The number of fused-ring (bicyclic) bond motifs is 2. The Morgan fingerprint density at radius 1 is 1.03 bits per heavy atom. The molecule has 0 radical (unpaired) electrons. The Kier molecular flexibility index (Phi) is 6.87. The normalized spacial score (nSPS) is 15.4. The molecule has 0 unspecified atom stereocenters. The van der Waals surface area contributed by atoms with Gasteiger partial charge in [-0.15, -0.1) is 5.10 Å². The summed E-state index contributed by atoms with van der Waals surface area (Å²) in [5.74, 6) is 0.886. The highest BCUT2D eigenvalue weighted by atomic mass is 16.7.